The maximum absolute atomic E-state index is 12.1. The van der Waals surface area contributed by atoms with E-state index in [0.717, 1.165) is 50.7 Å². The highest BCUT2D eigenvalue weighted by Gasteiger charge is 2.16. The van der Waals surface area contributed by atoms with Crippen molar-refractivity contribution in [2.24, 2.45) is 0 Å². The van der Waals surface area contributed by atoms with Crippen molar-refractivity contribution in [3.63, 3.8) is 0 Å². The fourth-order valence-electron chi connectivity index (χ4n) is 5.09. The third-order valence-electron chi connectivity index (χ3n) is 7.75. The standard InChI is InChI=1S/C35H66O6S/c1-3-4-5-6-7-8-12-16-19-22-25-28-35(39)41-33(30-36)31-40-34(38)27-24-21-18-15-13-10-9-11-14-17-20-23-26-29-42-32(2)37/h33,36H,3-31H2,1-2H3/t33-/m0/s1. The summed E-state index contributed by atoms with van der Waals surface area (Å²) in [4.78, 5) is 35.0. The largest absolute Gasteiger partial charge is 0.462 e. The molecule has 0 bridgehead atoms. The molecule has 0 aromatic rings. The van der Waals surface area contributed by atoms with Gasteiger partial charge in [-0.2, -0.15) is 0 Å². The molecule has 0 aromatic heterocycles. The lowest BCUT2D eigenvalue weighted by Gasteiger charge is -2.15. The average molecular weight is 615 g/mol. The van der Waals surface area contributed by atoms with Gasteiger partial charge < -0.3 is 14.6 Å². The zero-order valence-corrected chi connectivity index (χ0v) is 28.3. The molecular formula is C35H66O6S. The molecule has 0 radical (unpaired) electrons. The topological polar surface area (TPSA) is 89.9 Å². The van der Waals surface area contributed by atoms with Crippen molar-refractivity contribution >= 4 is 28.8 Å². The number of carbonyl (C=O) groups is 3. The first kappa shape index (κ1) is 40.9. The molecule has 0 heterocycles. The second kappa shape index (κ2) is 32.8. The van der Waals surface area contributed by atoms with Crippen LogP contribution in [-0.4, -0.2) is 47.2 Å². The van der Waals surface area contributed by atoms with E-state index in [1.165, 1.54) is 121 Å². The molecule has 0 amide bonds. The third kappa shape index (κ3) is 31.8. The Kier molecular flexibility index (Phi) is 32.0. The second-order valence-corrected chi connectivity index (χ2v) is 13.2. The van der Waals surface area contributed by atoms with Crippen molar-refractivity contribution in [3.05, 3.63) is 0 Å². The van der Waals surface area contributed by atoms with E-state index in [2.05, 4.69) is 6.92 Å². The number of thioether (sulfide) groups is 1. The Morgan fingerprint density at radius 2 is 0.952 bits per heavy atom. The highest BCUT2D eigenvalue weighted by molar-refractivity contribution is 8.13. The van der Waals surface area contributed by atoms with Crippen molar-refractivity contribution in [1.29, 1.82) is 0 Å². The van der Waals surface area contributed by atoms with E-state index in [1.807, 2.05) is 0 Å². The number of hydrogen-bond donors (Lipinski definition) is 1. The monoisotopic (exact) mass is 614 g/mol. The SMILES string of the molecule is CCCCCCCCCCCCCC(=O)O[C@@H](CO)COC(=O)CCCCCCCCCCCCCCCSC(C)=O. The highest BCUT2D eigenvalue weighted by Crippen LogP contribution is 2.15. The molecule has 1 N–H and O–H groups in total. The quantitative estimate of drug-likeness (QED) is 0.0596. The van der Waals surface area contributed by atoms with E-state index in [1.54, 1.807) is 6.92 Å². The summed E-state index contributed by atoms with van der Waals surface area (Å²) in [6, 6.07) is 0. The van der Waals surface area contributed by atoms with Gasteiger partial charge in [0.25, 0.3) is 0 Å². The third-order valence-corrected chi connectivity index (χ3v) is 8.65. The van der Waals surface area contributed by atoms with Gasteiger partial charge in [-0.25, -0.2) is 0 Å². The number of esters is 2. The summed E-state index contributed by atoms with van der Waals surface area (Å²) in [5, 5.41) is 9.73. The summed E-state index contributed by atoms with van der Waals surface area (Å²) in [5.74, 6) is 0.363. The van der Waals surface area contributed by atoms with Gasteiger partial charge in [0.05, 0.1) is 6.61 Å². The first-order valence-corrected chi connectivity index (χ1v) is 18.6. The molecule has 248 valence electrons. The van der Waals surface area contributed by atoms with Crippen molar-refractivity contribution in [1.82, 2.24) is 0 Å². The van der Waals surface area contributed by atoms with Gasteiger partial charge in [-0.3, -0.25) is 14.4 Å². The summed E-state index contributed by atoms with van der Waals surface area (Å²) in [6.07, 6.45) is 29.1. The molecule has 0 fully saturated rings. The molecular weight excluding hydrogens is 548 g/mol. The Hall–Kier alpha value is -1.08. The molecule has 0 aromatic carbocycles. The van der Waals surface area contributed by atoms with Crippen molar-refractivity contribution in [2.75, 3.05) is 19.0 Å². The Labute approximate surface area is 263 Å². The van der Waals surface area contributed by atoms with Crippen molar-refractivity contribution in [3.8, 4) is 0 Å². The van der Waals surface area contributed by atoms with Gasteiger partial charge in [-0.1, -0.05) is 154 Å². The summed E-state index contributed by atoms with van der Waals surface area (Å²) in [5.41, 5.74) is 0. The summed E-state index contributed by atoms with van der Waals surface area (Å²) >= 11 is 1.44. The number of carbonyl (C=O) groups excluding carboxylic acids is 3. The number of aliphatic hydroxyl groups excluding tert-OH is 1. The number of aliphatic hydroxyl groups is 1. The number of hydrogen-bond acceptors (Lipinski definition) is 7. The zero-order valence-electron chi connectivity index (χ0n) is 27.5. The molecule has 42 heavy (non-hydrogen) atoms. The molecule has 0 unspecified atom stereocenters. The lowest BCUT2D eigenvalue weighted by molar-refractivity contribution is -0.161. The zero-order chi connectivity index (χ0) is 30.9. The Balaban J connectivity index is 3.50. The summed E-state index contributed by atoms with van der Waals surface area (Å²) < 4.78 is 10.5. The maximum Gasteiger partial charge on any atom is 0.306 e. The molecule has 0 saturated heterocycles. The van der Waals surface area contributed by atoms with Crippen LogP contribution < -0.4 is 0 Å². The lowest BCUT2D eigenvalue weighted by Crippen LogP contribution is -2.28. The Morgan fingerprint density at radius 3 is 1.36 bits per heavy atom. The van der Waals surface area contributed by atoms with Crippen LogP contribution in [0.15, 0.2) is 0 Å². The van der Waals surface area contributed by atoms with Gasteiger partial charge in [0.15, 0.2) is 11.2 Å². The van der Waals surface area contributed by atoms with E-state index in [9.17, 15) is 19.5 Å². The van der Waals surface area contributed by atoms with E-state index >= 15 is 0 Å². The van der Waals surface area contributed by atoms with Crippen LogP contribution >= 0.6 is 11.8 Å². The Morgan fingerprint density at radius 1 is 0.571 bits per heavy atom. The van der Waals surface area contributed by atoms with Crippen LogP contribution in [0, 0.1) is 0 Å². The van der Waals surface area contributed by atoms with Crippen LogP contribution in [0.3, 0.4) is 0 Å². The fraction of sp³-hybridized carbons (Fsp3) is 0.914. The van der Waals surface area contributed by atoms with E-state index in [0.29, 0.717) is 12.8 Å². The van der Waals surface area contributed by atoms with Gasteiger partial charge in [0.2, 0.25) is 0 Å². The molecule has 0 aliphatic heterocycles. The molecule has 0 rings (SSSR count). The first-order valence-electron chi connectivity index (χ1n) is 17.6. The number of ether oxygens (including phenoxy) is 2. The Bertz CT molecular complexity index is 627. The number of unbranched alkanes of at least 4 members (excludes halogenated alkanes) is 22. The van der Waals surface area contributed by atoms with Crippen molar-refractivity contribution < 1.29 is 29.0 Å². The van der Waals surface area contributed by atoms with Crippen LogP contribution in [0.4, 0.5) is 0 Å². The normalized spacial score (nSPS) is 11.9. The predicted molar refractivity (Wildman–Crippen MR) is 177 cm³/mol. The predicted octanol–water partition coefficient (Wildman–Crippen LogP) is 9.88. The maximum atomic E-state index is 12.1. The van der Waals surface area contributed by atoms with Gasteiger partial charge in [-0.15, -0.1) is 0 Å². The van der Waals surface area contributed by atoms with E-state index in [4.69, 9.17) is 9.47 Å². The molecule has 0 aliphatic carbocycles. The molecule has 6 nitrogen and oxygen atoms in total. The molecule has 7 heteroatoms. The summed E-state index contributed by atoms with van der Waals surface area (Å²) in [7, 11) is 0. The first-order chi connectivity index (χ1) is 20.5. The fourth-order valence-corrected chi connectivity index (χ4v) is 5.73. The molecule has 1 atom stereocenters. The molecule has 0 spiro atoms. The highest BCUT2D eigenvalue weighted by atomic mass is 32.2. The molecule has 0 saturated carbocycles. The minimum absolute atomic E-state index is 0.0712. The van der Waals surface area contributed by atoms with Crippen LogP contribution in [0.1, 0.15) is 181 Å². The average Bonchev–Trinajstić information content (AvgIpc) is 2.97. The summed E-state index contributed by atoms with van der Waals surface area (Å²) in [6.45, 7) is 3.48. The minimum atomic E-state index is -0.772. The van der Waals surface area contributed by atoms with E-state index < -0.39 is 6.10 Å². The lowest BCUT2D eigenvalue weighted by atomic mass is 10.0. The van der Waals surface area contributed by atoms with Gasteiger partial charge in [0.1, 0.15) is 6.61 Å². The van der Waals surface area contributed by atoms with Crippen LogP contribution in [-0.2, 0) is 23.9 Å². The van der Waals surface area contributed by atoms with E-state index in [-0.39, 0.29) is 30.3 Å². The smallest absolute Gasteiger partial charge is 0.306 e. The van der Waals surface area contributed by atoms with Crippen molar-refractivity contribution in [2.45, 2.75) is 187 Å². The van der Waals surface area contributed by atoms with Crippen LogP contribution in [0.2, 0.25) is 0 Å². The number of rotatable bonds is 32. The van der Waals surface area contributed by atoms with Crippen LogP contribution in [0.25, 0.3) is 0 Å². The minimum Gasteiger partial charge on any atom is -0.462 e. The van der Waals surface area contributed by atoms with Crippen LogP contribution in [0.5, 0.6) is 0 Å². The van der Waals surface area contributed by atoms with Gasteiger partial charge in [-0.05, 0) is 19.3 Å². The van der Waals surface area contributed by atoms with Gasteiger partial charge in [0, 0.05) is 25.5 Å². The molecule has 0 aliphatic rings. The second-order valence-electron chi connectivity index (χ2n) is 11.9. The van der Waals surface area contributed by atoms with Gasteiger partial charge >= 0.3 is 11.9 Å².